The predicted molar refractivity (Wildman–Crippen MR) is 111 cm³/mol. The van der Waals surface area contributed by atoms with Crippen LogP contribution >= 0.6 is 11.3 Å². The number of aryl methyl sites for hydroxylation is 3. The van der Waals surface area contributed by atoms with Gasteiger partial charge in [0, 0.05) is 12.2 Å². The van der Waals surface area contributed by atoms with Crippen molar-refractivity contribution in [3.8, 4) is 5.75 Å². The maximum absolute atomic E-state index is 12.7. The number of carbonyl (C=O) groups excluding carboxylic acids is 1. The number of nitrogens with zero attached hydrogens (tertiary/aromatic N) is 1. The summed E-state index contributed by atoms with van der Waals surface area (Å²) in [4.78, 5) is 24.7. The molecule has 0 saturated heterocycles. The van der Waals surface area contributed by atoms with Crippen molar-refractivity contribution < 1.29 is 9.53 Å². The van der Waals surface area contributed by atoms with Crippen molar-refractivity contribution in [2.24, 2.45) is 0 Å². The molecule has 142 valence electrons. The quantitative estimate of drug-likeness (QED) is 0.681. The van der Waals surface area contributed by atoms with Crippen molar-refractivity contribution in [3.05, 3.63) is 57.2 Å². The molecule has 1 N–H and O–H groups in total. The molecule has 27 heavy (non-hydrogen) atoms. The Labute approximate surface area is 162 Å². The first-order chi connectivity index (χ1) is 12.9. The van der Waals surface area contributed by atoms with Crippen LogP contribution in [0.5, 0.6) is 5.75 Å². The third-order valence-electron chi connectivity index (χ3n) is 4.51. The second kappa shape index (κ2) is 7.96. The third kappa shape index (κ3) is 4.06. The van der Waals surface area contributed by atoms with Gasteiger partial charge in [0.2, 0.25) is 0 Å². The SMILES string of the molecule is CC[C@H](Oc1ccc(C)cc1C)C(=O)Nc1ccc2c(c1)sc(=O)n2CC. The Morgan fingerprint density at radius 2 is 1.96 bits per heavy atom. The summed E-state index contributed by atoms with van der Waals surface area (Å²) in [5.41, 5.74) is 3.72. The van der Waals surface area contributed by atoms with Crippen LogP contribution in [-0.2, 0) is 11.3 Å². The summed E-state index contributed by atoms with van der Waals surface area (Å²) in [6.45, 7) is 8.49. The van der Waals surface area contributed by atoms with Gasteiger partial charge in [-0.15, -0.1) is 0 Å². The molecular weight excluding hydrogens is 360 g/mol. The van der Waals surface area contributed by atoms with E-state index >= 15 is 0 Å². The Balaban J connectivity index is 1.78. The second-order valence-corrected chi connectivity index (χ2v) is 7.56. The van der Waals surface area contributed by atoms with Crippen molar-refractivity contribution in [1.29, 1.82) is 0 Å². The van der Waals surface area contributed by atoms with Crippen LogP contribution in [-0.4, -0.2) is 16.6 Å². The number of rotatable bonds is 6. The molecule has 1 heterocycles. The molecule has 0 aliphatic rings. The van der Waals surface area contributed by atoms with Gasteiger partial charge in [0.25, 0.3) is 5.91 Å². The molecule has 0 fully saturated rings. The zero-order valence-corrected chi connectivity index (χ0v) is 16.9. The number of ether oxygens (including phenoxy) is 1. The molecule has 0 saturated carbocycles. The van der Waals surface area contributed by atoms with E-state index in [9.17, 15) is 9.59 Å². The first kappa shape index (κ1) is 19.2. The van der Waals surface area contributed by atoms with Crippen LogP contribution in [0.15, 0.2) is 41.2 Å². The highest BCUT2D eigenvalue weighted by molar-refractivity contribution is 7.16. The summed E-state index contributed by atoms with van der Waals surface area (Å²) < 4.78 is 8.54. The normalized spacial score (nSPS) is 12.1. The summed E-state index contributed by atoms with van der Waals surface area (Å²) in [7, 11) is 0. The lowest BCUT2D eigenvalue weighted by Crippen LogP contribution is -2.32. The summed E-state index contributed by atoms with van der Waals surface area (Å²) in [6, 6.07) is 11.4. The fraction of sp³-hybridized carbons (Fsp3) is 0.333. The van der Waals surface area contributed by atoms with Gasteiger partial charge in [0.05, 0.1) is 10.2 Å². The molecule has 0 spiro atoms. The number of hydrogen-bond donors (Lipinski definition) is 1. The molecule has 6 heteroatoms. The van der Waals surface area contributed by atoms with E-state index < -0.39 is 6.10 Å². The monoisotopic (exact) mass is 384 g/mol. The lowest BCUT2D eigenvalue weighted by molar-refractivity contribution is -0.122. The van der Waals surface area contributed by atoms with Crippen LogP contribution in [0.4, 0.5) is 5.69 Å². The molecule has 0 aliphatic heterocycles. The second-order valence-electron chi connectivity index (χ2n) is 6.57. The van der Waals surface area contributed by atoms with E-state index in [1.54, 1.807) is 4.57 Å². The van der Waals surface area contributed by atoms with Crippen molar-refractivity contribution in [3.63, 3.8) is 0 Å². The Hall–Kier alpha value is -2.60. The van der Waals surface area contributed by atoms with Gasteiger partial charge in [-0.25, -0.2) is 0 Å². The average Bonchev–Trinajstić information content (AvgIpc) is 2.95. The zero-order chi connectivity index (χ0) is 19.6. The van der Waals surface area contributed by atoms with E-state index in [0.29, 0.717) is 18.7 Å². The van der Waals surface area contributed by atoms with E-state index in [2.05, 4.69) is 5.32 Å². The molecule has 3 aromatic rings. The largest absolute Gasteiger partial charge is 0.480 e. The van der Waals surface area contributed by atoms with Crippen LogP contribution in [0.2, 0.25) is 0 Å². The van der Waals surface area contributed by atoms with Crippen LogP contribution < -0.4 is 14.9 Å². The fourth-order valence-electron chi connectivity index (χ4n) is 3.07. The molecule has 1 aromatic heterocycles. The first-order valence-electron chi connectivity index (χ1n) is 9.11. The average molecular weight is 385 g/mol. The highest BCUT2D eigenvalue weighted by Crippen LogP contribution is 2.24. The number of aromatic nitrogens is 1. The van der Waals surface area contributed by atoms with E-state index in [0.717, 1.165) is 27.1 Å². The maximum atomic E-state index is 12.7. The van der Waals surface area contributed by atoms with Gasteiger partial charge in [-0.2, -0.15) is 0 Å². The summed E-state index contributed by atoms with van der Waals surface area (Å²) >= 11 is 1.19. The van der Waals surface area contributed by atoms with Crippen molar-refractivity contribution in [2.45, 2.75) is 46.8 Å². The molecule has 3 rings (SSSR count). The summed E-state index contributed by atoms with van der Waals surface area (Å²) in [5, 5.41) is 2.91. The smallest absolute Gasteiger partial charge is 0.308 e. The molecule has 0 bridgehead atoms. The number of fused-ring (bicyclic) bond motifs is 1. The highest BCUT2D eigenvalue weighted by atomic mass is 32.1. The number of hydrogen-bond acceptors (Lipinski definition) is 4. The Morgan fingerprint density at radius 1 is 1.19 bits per heavy atom. The van der Waals surface area contributed by atoms with Crippen LogP contribution in [0.3, 0.4) is 0 Å². The fourth-order valence-corrected chi connectivity index (χ4v) is 4.07. The number of amides is 1. The Bertz CT molecular complexity index is 1040. The van der Waals surface area contributed by atoms with Gasteiger partial charge in [0.1, 0.15) is 5.75 Å². The van der Waals surface area contributed by atoms with Crippen LogP contribution in [0, 0.1) is 13.8 Å². The van der Waals surface area contributed by atoms with Gasteiger partial charge < -0.3 is 10.1 Å². The zero-order valence-electron chi connectivity index (χ0n) is 16.0. The predicted octanol–water partition coefficient (Wildman–Crippen LogP) is 4.50. The molecule has 0 aliphatic carbocycles. The minimum atomic E-state index is -0.582. The molecule has 0 radical (unpaired) electrons. The minimum absolute atomic E-state index is 0.0144. The number of carbonyl (C=O) groups is 1. The molecule has 0 unspecified atom stereocenters. The lowest BCUT2D eigenvalue weighted by Gasteiger charge is -2.19. The van der Waals surface area contributed by atoms with Gasteiger partial charge in [-0.3, -0.25) is 14.2 Å². The van der Waals surface area contributed by atoms with E-state index in [1.165, 1.54) is 11.3 Å². The molecule has 1 amide bonds. The molecule has 5 nitrogen and oxygen atoms in total. The third-order valence-corrected chi connectivity index (χ3v) is 5.46. The van der Waals surface area contributed by atoms with Gasteiger partial charge in [-0.05, 0) is 57.0 Å². The summed E-state index contributed by atoms with van der Waals surface area (Å²) in [6.07, 6.45) is -0.0258. The minimum Gasteiger partial charge on any atom is -0.480 e. The number of nitrogens with one attached hydrogen (secondary N) is 1. The van der Waals surface area contributed by atoms with Crippen molar-refractivity contribution in [2.75, 3.05) is 5.32 Å². The maximum Gasteiger partial charge on any atom is 0.308 e. The van der Waals surface area contributed by atoms with E-state index in [1.807, 2.05) is 64.1 Å². The van der Waals surface area contributed by atoms with E-state index in [4.69, 9.17) is 4.74 Å². The highest BCUT2D eigenvalue weighted by Gasteiger charge is 2.20. The number of anilines is 1. The standard InChI is InChI=1S/C21H24N2O3S/c1-5-17(26-18-10-7-13(3)11-14(18)4)20(24)22-15-8-9-16-19(12-15)27-21(25)23(16)6-2/h7-12,17H,5-6H2,1-4H3,(H,22,24)/t17-/m0/s1. The summed E-state index contributed by atoms with van der Waals surface area (Å²) in [5.74, 6) is 0.524. The van der Waals surface area contributed by atoms with Gasteiger partial charge in [0.15, 0.2) is 6.10 Å². The van der Waals surface area contributed by atoms with Crippen molar-refractivity contribution in [1.82, 2.24) is 4.57 Å². The number of thiazole rings is 1. The van der Waals surface area contributed by atoms with Crippen LogP contribution in [0.1, 0.15) is 31.4 Å². The van der Waals surface area contributed by atoms with E-state index in [-0.39, 0.29) is 10.8 Å². The molecule has 2 aromatic carbocycles. The van der Waals surface area contributed by atoms with Gasteiger partial charge in [-0.1, -0.05) is 36.0 Å². The lowest BCUT2D eigenvalue weighted by atomic mass is 10.1. The first-order valence-corrected chi connectivity index (χ1v) is 9.92. The topological polar surface area (TPSA) is 60.3 Å². The Kier molecular flexibility index (Phi) is 5.65. The number of benzene rings is 2. The van der Waals surface area contributed by atoms with Gasteiger partial charge >= 0.3 is 4.87 Å². The van der Waals surface area contributed by atoms with Crippen LogP contribution in [0.25, 0.3) is 10.2 Å². The molecule has 1 atom stereocenters. The Morgan fingerprint density at radius 3 is 2.63 bits per heavy atom. The van der Waals surface area contributed by atoms with Crippen molar-refractivity contribution >= 4 is 33.1 Å². The molecular formula is C21H24N2O3S.